The van der Waals surface area contributed by atoms with E-state index >= 15 is 0 Å². The monoisotopic (exact) mass is 318 g/mol. The number of carbonyl (C=O) groups is 1. The summed E-state index contributed by atoms with van der Waals surface area (Å²) in [6.45, 7) is 0.493. The third kappa shape index (κ3) is 3.31. The summed E-state index contributed by atoms with van der Waals surface area (Å²) in [6.07, 6.45) is 3.18. The topological polar surface area (TPSA) is 87.9 Å². The molecule has 0 saturated heterocycles. The van der Waals surface area contributed by atoms with Crippen LogP contribution >= 0.6 is 0 Å². The van der Waals surface area contributed by atoms with Gasteiger partial charge in [0.1, 0.15) is 18.5 Å². The largest absolute Gasteiger partial charge is 0.459 e. The zero-order chi connectivity index (χ0) is 16.8. The highest BCUT2D eigenvalue weighted by atomic mass is 16.5. The molecule has 0 unspecified atom stereocenters. The first kappa shape index (κ1) is 15.4. The Balaban J connectivity index is 1.61. The molecule has 1 aromatic carbocycles. The minimum atomic E-state index is -0.477. The fourth-order valence-corrected chi connectivity index (χ4v) is 2.30. The minimum absolute atomic E-state index is 0.144. The molecule has 0 aliphatic rings. The second-order valence-corrected chi connectivity index (χ2v) is 4.95. The molecule has 0 amide bonds. The number of nitrogens with one attached hydrogen (secondary N) is 1. The van der Waals surface area contributed by atoms with Gasteiger partial charge < -0.3 is 10.1 Å². The number of benzene rings is 1. The van der Waals surface area contributed by atoms with Crippen LogP contribution in [0.3, 0.4) is 0 Å². The summed E-state index contributed by atoms with van der Waals surface area (Å²) in [5.41, 5.74) is 0.739. The normalized spacial score (nSPS) is 10.1. The Hall–Kier alpha value is -3.46. The number of esters is 1. The molecule has 3 aromatic rings. The van der Waals surface area contributed by atoms with Crippen LogP contribution in [0.25, 0.3) is 10.8 Å². The predicted molar refractivity (Wildman–Crippen MR) is 89.5 cm³/mol. The summed E-state index contributed by atoms with van der Waals surface area (Å²) in [6, 6.07) is 14.8. The number of hydrogen-bond acceptors (Lipinski definition) is 6. The zero-order valence-corrected chi connectivity index (χ0v) is 12.8. The quantitative estimate of drug-likeness (QED) is 0.575. The highest BCUT2D eigenvalue weighted by Gasteiger charge is 2.12. The van der Waals surface area contributed by atoms with Crippen molar-refractivity contribution < 1.29 is 9.53 Å². The first-order chi connectivity index (χ1) is 11.8. The van der Waals surface area contributed by atoms with Gasteiger partial charge in [-0.25, -0.2) is 14.8 Å². The fraction of sp³-hybridized carbons (Fsp3) is 0.111. The van der Waals surface area contributed by atoms with Crippen molar-refractivity contribution in [3.63, 3.8) is 0 Å². The van der Waals surface area contributed by atoms with Gasteiger partial charge in [-0.05, 0) is 23.6 Å². The zero-order valence-electron chi connectivity index (χ0n) is 12.8. The van der Waals surface area contributed by atoms with Gasteiger partial charge in [-0.2, -0.15) is 5.26 Å². The molecule has 6 heteroatoms. The molecule has 0 atom stereocenters. The van der Waals surface area contributed by atoms with Crippen LogP contribution < -0.4 is 5.32 Å². The number of nitrogens with zero attached hydrogens (tertiary/aromatic N) is 3. The average molecular weight is 318 g/mol. The summed E-state index contributed by atoms with van der Waals surface area (Å²) >= 11 is 0. The van der Waals surface area contributed by atoms with E-state index in [0.29, 0.717) is 23.6 Å². The standard InChI is InChI=1S/C18H14N4O2/c19-12-14-5-3-8-21-17(14)22-10-11-24-18(23)16-15-6-2-1-4-13(15)7-9-20-16/h1-9H,10-11H2,(H,21,22). The van der Waals surface area contributed by atoms with Crippen molar-refractivity contribution in [2.75, 3.05) is 18.5 Å². The lowest BCUT2D eigenvalue weighted by atomic mass is 10.1. The van der Waals surface area contributed by atoms with Crippen molar-refractivity contribution in [1.29, 1.82) is 5.26 Å². The number of aromatic nitrogens is 2. The molecular weight excluding hydrogens is 304 g/mol. The van der Waals surface area contributed by atoms with Gasteiger partial charge in [-0.15, -0.1) is 0 Å². The molecule has 2 aromatic heterocycles. The minimum Gasteiger partial charge on any atom is -0.459 e. The highest BCUT2D eigenvalue weighted by Crippen LogP contribution is 2.17. The number of fused-ring (bicyclic) bond motifs is 1. The van der Waals surface area contributed by atoms with E-state index in [9.17, 15) is 4.79 Å². The third-order valence-electron chi connectivity index (χ3n) is 3.42. The van der Waals surface area contributed by atoms with Gasteiger partial charge >= 0.3 is 5.97 Å². The van der Waals surface area contributed by atoms with Crippen LogP contribution in [-0.2, 0) is 4.74 Å². The number of nitriles is 1. The molecule has 3 rings (SSSR count). The number of anilines is 1. The lowest BCUT2D eigenvalue weighted by molar-refractivity contribution is 0.0516. The van der Waals surface area contributed by atoms with E-state index < -0.39 is 5.97 Å². The molecule has 1 N–H and O–H groups in total. The van der Waals surface area contributed by atoms with Crippen molar-refractivity contribution in [2.45, 2.75) is 0 Å². The molecule has 2 heterocycles. The molecule has 0 aliphatic carbocycles. The van der Waals surface area contributed by atoms with Crippen LogP contribution in [-0.4, -0.2) is 29.1 Å². The number of pyridine rings is 2. The SMILES string of the molecule is N#Cc1cccnc1NCCOC(=O)c1nccc2ccccc12. The second kappa shape index (κ2) is 7.20. The predicted octanol–water partition coefficient (Wildman–Crippen LogP) is 2.77. The molecule has 24 heavy (non-hydrogen) atoms. The Bertz CT molecular complexity index is 913. The molecule has 0 aliphatic heterocycles. The number of ether oxygens (including phenoxy) is 1. The van der Waals surface area contributed by atoms with E-state index in [4.69, 9.17) is 10.00 Å². The van der Waals surface area contributed by atoms with Gasteiger partial charge in [0, 0.05) is 17.8 Å². The smallest absolute Gasteiger partial charge is 0.357 e. The molecule has 0 spiro atoms. The van der Waals surface area contributed by atoms with E-state index in [1.807, 2.05) is 36.4 Å². The summed E-state index contributed by atoms with van der Waals surface area (Å²) in [5, 5.41) is 13.7. The molecule has 0 fully saturated rings. The first-order valence-electron chi connectivity index (χ1n) is 7.39. The van der Waals surface area contributed by atoms with Crippen molar-refractivity contribution in [3.8, 4) is 6.07 Å². The van der Waals surface area contributed by atoms with Gasteiger partial charge in [0.15, 0.2) is 5.69 Å². The Kier molecular flexibility index (Phi) is 4.63. The Morgan fingerprint density at radius 1 is 1.12 bits per heavy atom. The van der Waals surface area contributed by atoms with Crippen LogP contribution in [0, 0.1) is 11.3 Å². The molecule has 0 saturated carbocycles. The van der Waals surface area contributed by atoms with Crippen LogP contribution in [0.5, 0.6) is 0 Å². The molecular formula is C18H14N4O2. The van der Waals surface area contributed by atoms with Gasteiger partial charge in [0.25, 0.3) is 0 Å². The fourth-order valence-electron chi connectivity index (χ4n) is 2.30. The van der Waals surface area contributed by atoms with Crippen LogP contribution in [0.1, 0.15) is 16.1 Å². The Morgan fingerprint density at radius 2 is 2.00 bits per heavy atom. The summed E-state index contributed by atoms with van der Waals surface area (Å²) in [5.74, 6) is -0.00513. The van der Waals surface area contributed by atoms with Crippen LogP contribution in [0.4, 0.5) is 5.82 Å². The van der Waals surface area contributed by atoms with E-state index in [0.717, 1.165) is 10.8 Å². The van der Waals surface area contributed by atoms with Gasteiger partial charge in [-0.1, -0.05) is 24.3 Å². The third-order valence-corrected chi connectivity index (χ3v) is 3.42. The van der Waals surface area contributed by atoms with E-state index in [1.165, 1.54) is 0 Å². The number of carbonyl (C=O) groups excluding carboxylic acids is 1. The van der Waals surface area contributed by atoms with Crippen LogP contribution in [0.15, 0.2) is 54.9 Å². The van der Waals surface area contributed by atoms with E-state index in [1.54, 1.807) is 24.5 Å². The maximum atomic E-state index is 12.2. The Labute approximate surface area is 138 Å². The van der Waals surface area contributed by atoms with Crippen molar-refractivity contribution in [3.05, 3.63) is 66.1 Å². The molecule has 6 nitrogen and oxygen atoms in total. The molecule has 0 radical (unpaired) electrons. The van der Waals surface area contributed by atoms with Gasteiger partial charge in [0.2, 0.25) is 0 Å². The first-order valence-corrected chi connectivity index (χ1v) is 7.39. The van der Waals surface area contributed by atoms with Crippen molar-refractivity contribution in [2.24, 2.45) is 0 Å². The van der Waals surface area contributed by atoms with Gasteiger partial charge in [0.05, 0.1) is 12.1 Å². The summed E-state index contributed by atoms with van der Waals surface area (Å²) in [4.78, 5) is 20.4. The van der Waals surface area contributed by atoms with E-state index in [2.05, 4.69) is 15.3 Å². The van der Waals surface area contributed by atoms with Crippen molar-refractivity contribution in [1.82, 2.24) is 9.97 Å². The van der Waals surface area contributed by atoms with Crippen molar-refractivity contribution >= 4 is 22.6 Å². The maximum Gasteiger partial charge on any atom is 0.357 e. The average Bonchev–Trinajstić information content (AvgIpc) is 2.65. The number of rotatable bonds is 5. The lowest BCUT2D eigenvalue weighted by Crippen LogP contribution is -2.16. The lowest BCUT2D eigenvalue weighted by Gasteiger charge is -2.08. The maximum absolute atomic E-state index is 12.2. The summed E-state index contributed by atoms with van der Waals surface area (Å²) in [7, 11) is 0. The summed E-state index contributed by atoms with van der Waals surface area (Å²) < 4.78 is 5.26. The van der Waals surface area contributed by atoms with Crippen LogP contribution in [0.2, 0.25) is 0 Å². The molecule has 118 valence electrons. The van der Waals surface area contributed by atoms with E-state index in [-0.39, 0.29) is 6.61 Å². The number of hydrogen-bond donors (Lipinski definition) is 1. The Morgan fingerprint density at radius 3 is 2.88 bits per heavy atom. The molecule has 0 bridgehead atoms. The van der Waals surface area contributed by atoms with Gasteiger partial charge in [-0.3, -0.25) is 0 Å². The highest BCUT2D eigenvalue weighted by molar-refractivity contribution is 6.02. The second-order valence-electron chi connectivity index (χ2n) is 4.95.